The molecule has 2 heterocycles. The fourth-order valence-electron chi connectivity index (χ4n) is 3.10. The van der Waals surface area contributed by atoms with Crippen LogP contribution in [0.1, 0.15) is 27.2 Å². The minimum atomic E-state index is -0.439. The van der Waals surface area contributed by atoms with Crippen LogP contribution in [0, 0.1) is 5.92 Å². The van der Waals surface area contributed by atoms with Gasteiger partial charge in [-0.3, -0.25) is 0 Å². The van der Waals surface area contributed by atoms with Gasteiger partial charge in [0, 0.05) is 32.1 Å². The number of benzene rings is 1. The fourth-order valence-corrected chi connectivity index (χ4v) is 3.92. The first-order chi connectivity index (χ1) is 11.3. The molecule has 1 aromatic heterocycles. The largest absolute Gasteiger partial charge is 0.444 e. The maximum Gasteiger partial charge on any atom is 0.410 e. The van der Waals surface area contributed by atoms with Gasteiger partial charge in [0.05, 0.1) is 4.70 Å². The van der Waals surface area contributed by atoms with Gasteiger partial charge in [0.15, 0.2) is 0 Å². The Hall–Kier alpha value is -1.82. The minimum Gasteiger partial charge on any atom is -0.444 e. The van der Waals surface area contributed by atoms with Crippen molar-refractivity contribution in [3.63, 3.8) is 0 Å². The molecule has 0 unspecified atom stereocenters. The molecule has 1 aliphatic heterocycles. The molecule has 1 fully saturated rings. The first-order valence-corrected chi connectivity index (χ1v) is 9.14. The third-order valence-electron chi connectivity index (χ3n) is 4.19. The highest BCUT2D eigenvalue weighted by molar-refractivity contribution is 7.13. The molecule has 1 saturated heterocycles. The highest BCUT2D eigenvalue weighted by Crippen LogP contribution is 2.30. The smallest absolute Gasteiger partial charge is 0.410 e. The van der Waals surface area contributed by atoms with E-state index >= 15 is 0 Å². The molecular formula is C18H25N3O2S. The molecular weight excluding hydrogens is 322 g/mol. The van der Waals surface area contributed by atoms with Crippen LogP contribution in [-0.4, -0.2) is 47.6 Å². The topological polar surface area (TPSA) is 45.7 Å². The molecule has 6 heteroatoms. The summed E-state index contributed by atoms with van der Waals surface area (Å²) in [6, 6.07) is 8.31. The van der Waals surface area contributed by atoms with Gasteiger partial charge in [-0.15, -0.1) is 0 Å². The second-order valence-corrected chi connectivity index (χ2v) is 8.27. The van der Waals surface area contributed by atoms with Crippen LogP contribution in [0.15, 0.2) is 24.3 Å². The highest BCUT2D eigenvalue weighted by atomic mass is 32.1. The van der Waals surface area contributed by atoms with E-state index in [1.807, 2.05) is 37.8 Å². The molecule has 130 valence electrons. The number of hydrogen-bond acceptors (Lipinski definition) is 5. The van der Waals surface area contributed by atoms with Gasteiger partial charge in [-0.25, -0.2) is 4.79 Å². The molecule has 1 aliphatic rings. The van der Waals surface area contributed by atoms with Crippen LogP contribution in [0.25, 0.3) is 10.1 Å². The Morgan fingerprint density at radius 3 is 2.92 bits per heavy atom. The Balaban J connectivity index is 1.60. The average Bonchev–Trinajstić information content (AvgIpc) is 3.11. The van der Waals surface area contributed by atoms with Crippen molar-refractivity contribution >= 4 is 33.5 Å². The van der Waals surface area contributed by atoms with Crippen LogP contribution in [0.5, 0.6) is 0 Å². The van der Waals surface area contributed by atoms with Crippen molar-refractivity contribution in [2.24, 2.45) is 5.92 Å². The van der Waals surface area contributed by atoms with Crippen molar-refractivity contribution in [1.29, 1.82) is 0 Å². The third-order valence-corrected chi connectivity index (χ3v) is 5.01. The predicted molar refractivity (Wildman–Crippen MR) is 98.8 cm³/mol. The number of carbonyl (C=O) groups is 1. The molecule has 3 rings (SSSR count). The Kier molecular flexibility index (Phi) is 4.67. The monoisotopic (exact) mass is 347 g/mol. The van der Waals surface area contributed by atoms with Crippen LogP contribution in [0.4, 0.5) is 10.6 Å². The van der Waals surface area contributed by atoms with E-state index in [2.05, 4.69) is 28.5 Å². The second-order valence-electron chi connectivity index (χ2n) is 7.46. The maximum absolute atomic E-state index is 12.2. The van der Waals surface area contributed by atoms with Crippen molar-refractivity contribution in [3.8, 4) is 0 Å². The maximum atomic E-state index is 12.2. The third kappa shape index (κ3) is 3.80. The SMILES string of the molecule is CN(C[C@H]1CCN(C(=O)OC(C)(C)C)C1)c1nsc2ccccc12. The Morgan fingerprint density at radius 1 is 1.42 bits per heavy atom. The number of anilines is 1. The number of likely N-dealkylation sites (tertiary alicyclic amines) is 1. The Morgan fingerprint density at radius 2 is 2.17 bits per heavy atom. The zero-order valence-electron chi connectivity index (χ0n) is 14.8. The lowest BCUT2D eigenvalue weighted by Crippen LogP contribution is -2.36. The lowest BCUT2D eigenvalue weighted by atomic mass is 10.1. The molecule has 0 N–H and O–H groups in total. The van der Waals surface area contributed by atoms with Crippen LogP contribution in [-0.2, 0) is 4.74 Å². The summed E-state index contributed by atoms with van der Waals surface area (Å²) in [6.07, 6.45) is 0.804. The molecule has 5 nitrogen and oxygen atoms in total. The molecule has 1 atom stereocenters. The van der Waals surface area contributed by atoms with Gasteiger partial charge >= 0.3 is 6.09 Å². The van der Waals surface area contributed by atoms with Gasteiger partial charge in [-0.1, -0.05) is 12.1 Å². The lowest BCUT2D eigenvalue weighted by Gasteiger charge is -2.25. The van der Waals surface area contributed by atoms with E-state index in [0.717, 1.165) is 31.9 Å². The number of aromatic nitrogens is 1. The van der Waals surface area contributed by atoms with E-state index in [9.17, 15) is 4.79 Å². The molecule has 2 aromatic rings. The van der Waals surface area contributed by atoms with Gasteiger partial charge in [-0.2, -0.15) is 4.37 Å². The normalized spacial score (nSPS) is 18.2. The minimum absolute atomic E-state index is 0.202. The van der Waals surface area contributed by atoms with Crippen molar-refractivity contribution in [2.75, 3.05) is 31.6 Å². The standard InChI is InChI=1S/C18H25N3O2S/c1-18(2,3)23-17(22)21-10-9-13(12-21)11-20(4)16-14-7-5-6-8-15(14)24-19-16/h5-8,13H,9-12H2,1-4H3/t13-/m1/s1. The molecule has 1 amide bonds. The van der Waals surface area contributed by atoms with E-state index in [-0.39, 0.29) is 6.09 Å². The predicted octanol–water partition coefficient (Wildman–Crippen LogP) is 3.99. The van der Waals surface area contributed by atoms with E-state index in [0.29, 0.717) is 5.92 Å². The first kappa shape index (κ1) is 17.0. The van der Waals surface area contributed by atoms with Gasteiger partial charge in [0.25, 0.3) is 0 Å². The second kappa shape index (κ2) is 6.59. The Bertz CT molecular complexity index is 722. The van der Waals surface area contributed by atoms with Gasteiger partial charge in [-0.05, 0) is 56.8 Å². The van der Waals surface area contributed by atoms with Gasteiger partial charge in [0.2, 0.25) is 0 Å². The Labute approximate surface area is 147 Å². The van der Waals surface area contributed by atoms with Gasteiger partial charge in [0.1, 0.15) is 11.4 Å². The quantitative estimate of drug-likeness (QED) is 0.842. The summed E-state index contributed by atoms with van der Waals surface area (Å²) < 4.78 is 11.3. The van der Waals surface area contributed by atoms with E-state index in [1.54, 1.807) is 0 Å². The molecule has 0 bridgehead atoms. The number of rotatable bonds is 3. The number of nitrogens with zero attached hydrogens (tertiary/aromatic N) is 3. The fraction of sp³-hybridized carbons (Fsp3) is 0.556. The van der Waals surface area contributed by atoms with Crippen molar-refractivity contribution in [1.82, 2.24) is 9.27 Å². The number of carbonyl (C=O) groups excluding carboxylic acids is 1. The lowest BCUT2D eigenvalue weighted by molar-refractivity contribution is 0.0288. The zero-order valence-corrected chi connectivity index (χ0v) is 15.6. The number of hydrogen-bond donors (Lipinski definition) is 0. The first-order valence-electron chi connectivity index (χ1n) is 8.37. The summed E-state index contributed by atoms with van der Waals surface area (Å²) in [5.74, 6) is 1.48. The summed E-state index contributed by atoms with van der Waals surface area (Å²) >= 11 is 1.54. The van der Waals surface area contributed by atoms with Crippen LogP contribution in [0.2, 0.25) is 0 Å². The highest BCUT2D eigenvalue weighted by Gasteiger charge is 2.30. The summed E-state index contributed by atoms with van der Waals surface area (Å²) in [6.45, 7) is 8.12. The summed E-state index contributed by atoms with van der Waals surface area (Å²) in [4.78, 5) is 16.2. The van der Waals surface area contributed by atoms with Gasteiger partial charge < -0.3 is 14.5 Å². The molecule has 0 spiro atoms. The zero-order chi connectivity index (χ0) is 17.3. The summed E-state index contributed by atoms with van der Waals surface area (Å²) in [7, 11) is 2.08. The van der Waals surface area contributed by atoms with E-state index in [1.165, 1.54) is 21.6 Å². The average molecular weight is 347 g/mol. The molecule has 0 saturated carbocycles. The van der Waals surface area contributed by atoms with Crippen LogP contribution in [0.3, 0.4) is 0 Å². The van der Waals surface area contributed by atoms with Crippen molar-refractivity contribution in [2.45, 2.75) is 32.8 Å². The molecule has 0 aliphatic carbocycles. The van der Waals surface area contributed by atoms with E-state index < -0.39 is 5.60 Å². The van der Waals surface area contributed by atoms with Crippen molar-refractivity contribution < 1.29 is 9.53 Å². The molecule has 0 radical (unpaired) electrons. The molecule has 1 aromatic carbocycles. The molecule has 24 heavy (non-hydrogen) atoms. The number of fused-ring (bicyclic) bond motifs is 1. The van der Waals surface area contributed by atoms with Crippen LogP contribution < -0.4 is 4.90 Å². The van der Waals surface area contributed by atoms with Crippen molar-refractivity contribution in [3.05, 3.63) is 24.3 Å². The number of amides is 1. The summed E-state index contributed by atoms with van der Waals surface area (Å²) in [5, 5.41) is 1.20. The van der Waals surface area contributed by atoms with E-state index in [4.69, 9.17) is 4.74 Å². The summed E-state index contributed by atoms with van der Waals surface area (Å²) in [5.41, 5.74) is -0.439. The number of ether oxygens (including phenoxy) is 1. The van der Waals surface area contributed by atoms with Crippen LogP contribution >= 0.6 is 11.5 Å².